The van der Waals surface area contributed by atoms with Gasteiger partial charge in [0.25, 0.3) is 0 Å². The van der Waals surface area contributed by atoms with Gasteiger partial charge in [-0.2, -0.15) is 0 Å². The number of alkyl halides is 1. The lowest BCUT2D eigenvalue weighted by Gasteiger charge is -2.10. The minimum atomic E-state index is 0.276. The van der Waals surface area contributed by atoms with Crippen LogP contribution in [0.4, 0.5) is 0 Å². The molecule has 0 spiro atoms. The highest BCUT2D eigenvalue weighted by Gasteiger charge is 2.14. The molecule has 1 unspecified atom stereocenters. The fraction of sp³-hybridized carbons (Fsp3) is 0.286. The van der Waals surface area contributed by atoms with Crippen molar-refractivity contribution in [2.24, 2.45) is 0 Å². The highest BCUT2D eigenvalue weighted by atomic mass is 79.9. The topological polar surface area (TPSA) is 13.1 Å². The van der Waals surface area contributed by atoms with Gasteiger partial charge in [0.05, 0.1) is 6.26 Å². The first kappa shape index (κ1) is 12.9. The molecule has 1 aromatic heterocycles. The van der Waals surface area contributed by atoms with Crippen molar-refractivity contribution in [3.8, 4) is 0 Å². The van der Waals surface area contributed by atoms with E-state index >= 15 is 0 Å². The number of aryl methyl sites for hydroxylation is 2. The van der Waals surface area contributed by atoms with Gasteiger partial charge in [-0.1, -0.05) is 34.1 Å². The Bertz CT molecular complexity index is 517. The van der Waals surface area contributed by atoms with Crippen molar-refractivity contribution in [2.75, 3.05) is 0 Å². The molecule has 0 saturated heterocycles. The number of hydrogen-bond donors (Lipinski definition) is 0. The molecular weight excluding hydrogens is 344 g/mol. The van der Waals surface area contributed by atoms with Crippen molar-refractivity contribution in [3.63, 3.8) is 0 Å². The Kier molecular flexibility index (Phi) is 4.10. The zero-order chi connectivity index (χ0) is 12.4. The van der Waals surface area contributed by atoms with E-state index in [1.807, 2.05) is 6.07 Å². The third kappa shape index (κ3) is 3.02. The number of rotatable bonds is 3. The highest BCUT2D eigenvalue weighted by Crippen LogP contribution is 2.33. The first-order valence-corrected chi connectivity index (χ1v) is 7.22. The molecular formula is C14H14Br2O. The monoisotopic (exact) mass is 356 g/mol. The largest absolute Gasteiger partial charge is 0.457 e. The second-order valence-corrected chi connectivity index (χ2v) is 6.07. The van der Waals surface area contributed by atoms with Crippen LogP contribution in [0.1, 0.15) is 27.1 Å². The molecule has 0 fully saturated rings. The number of hydrogen-bond acceptors (Lipinski definition) is 1. The quantitative estimate of drug-likeness (QED) is 0.676. The highest BCUT2D eigenvalue weighted by molar-refractivity contribution is 9.10. The van der Waals surface area contributed by atoms with Gasteiger partial charge in [0.15, 0.2) is 4.67 Å². The van der Waals surface area contributed by atoms with E-state index in [1.165, 1.54) is 16.7 Å². The van der Waals surface area contributed by atoms with Crippen LogP contribution in [0.3, 0.4) is 0 Å². The van der Waals surface area contributed by atoms with E-state index in [0.29, 0.717) is 0 Å². The minimum absolute atomic E-state index is 0.276. The van der Waals surface area contributed by atoms with E-state index < -0.39 is 0 Å². The summed E-state index contributed by atoms with van der Waals surface area (Å²) < 4.78 is 6.06. The zero-order valence-electron chi connectivity index (χ0n) is 9.84. The molecule has 0 aliphatic rings. The van der Waals surface area contributed by atoms with Gasteiger partial charge in [-0.25, -0.2) is 0 Å². The average molecular weight is 358 g/mol. The third-order valence-electron chi connectivity index (χ3n) is 2.97. The molecule has 17 heavy (non-hydrogen) atoms. The molecule has 2 aromatic rings. The normalized spacial score (nSPS) is 12.7. The first-order chi connectivity index (χ1) is 8.08. The Morgan fingerprint density at radius 2 is 1.94 bits per heavy atom. The van der Waals surface area contributed by atoms with Crippen molar-refractivity contribution in [2.45, 2.75) is 25.1 Å². The van der Waals surface area contributed by atoms with E-state index in [1.54, 1.807) is 6.26 Å². The smallest absolute Gasteiger partial charge is 0.173 e. The molecule has 3 heteroatoms. The maximum absolute atomic E-state index is 5.25. The predicted octanol–water partition coefficient (Wildman–Crippen LogP) is 5.34. The van der Waals surface area contributed by atoms with Gasteiger partial charge in [0.1, 0.15) is 0 Å². The van der Waals surface area contributed by atoms with Gasteiger partial charge in [-0.05, 0) is 59.0 Å². The molecule has 0 aliphatic heterocycles. The average Bonchev–Trinajstić information content (AvgIpc) is 2.70. The summed E-state index contributed by atoms with van der Waals surface area (Å²) in [4.78, 5) is 0.276. The van der Waals surface area contributed by atoms with Crippen molar-refractivity contribution < 1.29 is 4.42 Å². The SMILES string of the molecule is Cc1ccc(CC(Br)c2ccoc2Br)cc1C. The minimum Gasteiger partial charge on any atom is -0.457 e. The lowest BCUT2D eigenvalue weighted by molar-refractivity contribution is 0.536. The number of halogens is 2. The van der Waals surface area contributed by atoms with Gasteiger partial charge < -0.3 is 4.42 Å². The summed E-state index contributed by atoms with van der Waals surface area (Å²) in [5.74, 6) is 0. The van der Waals surface area contributed by atoms with E-state index in [-0.39, 0.29) is 4.83 Å². The van der Waals surface area contributed by atoms with Crippen LogP contribution >= 0.6 is 31.9 Å². The molecule has 0 N–H and O–H groups in total. The Morgan fingerprint density at radius 3 is 2.53 bits per heavy atom. The molecule has 0 bridgehead atoms. The van der Waals surface area contributed by atoms with Crippen LogP contribution in [0.2, 0.25) is 0 Å². The fourth-order valence-electron chi connectivity index (χ4n) is 1.78. The summed E-state index contributed by atoms with van der Waals surface area (Å²) in [6, 6.07) is 8.60. The Balaban J connectivity index is 2.16. The summed E-state index contributed by atoms with van der Waals surface area (Å²) >= 11 is 7.12. The van der Waals surface area contributed by atoms with E-state index in [0.717, 1.165) is 16.7 Å². The van der Waals surface area contributed by atoms with Crippen LogP contribution in [-0.2, 0) is 6.42 Å². The third-order valence-corrected chi connectivity index (χ3v) is 4.43. The van der Waals surface area contributed by atoms with E-state index in [4.69, 9.17) is 4.42 Å². The van der Waals surface area contributed by atoms with E-state index in [9.17, 15) is 0 Å². The summed E-state index contributed by atoms with van der Waals surface area (Å²) in [6.07, 6.45) is 2.66. The van der Waals surface area contributed by atoms with Gasteiger partial charge in [-0.15, -0.1) is 0 Å². The van der Waals surface area contributed by atoms with E-state index in [2.05, 4.69) is 63.9 Å². The Morgan fingerprint density at radius 1 is 1.18 bits per heavy atom. The van der Waals surface area contributed by atoms with Gasteiger partial charge in [0.2, 0.25) is 0 Å². The Hall–Kier alpha value is -0.540. The summed E-state index contributed by atoms with van der Waals surface area (Å²) in [5, 5.41) is 0. The maximum Gasteiger partial charge on any atom is 0.173 e. The van der Waals surface area contributed by atoms with Crippen molar-refractivity contribution >= 4 is 31.9 Å². The lowest BCUT2D eigenvalue weighted by atomic mass is 10.0. The van der Waals surface area contributed by atoms with Gasteiger partial charge in [0, 0.05) is 10.4 Å². The molecule has 0 radical (unpaired) electrons. The van der Waals surface area contributed by atoms with Crippen LogP contribution in [0.5, 0.6) is 0 Å². The summed E-state index contributed by atoms with van der Waals surface area (Å²) in [5.41, 5.74) is 5.17. The standard InChI is InChI=1S/C14H14Br2O/c1-9-3-4-11(7-10(9)2)8-13(15)12-5-6-17-14(12)16/h3-7,13H,8H2,1-2H3. The second kappa shape index (κ2) is 5.40. The maximum atomic E-state index is 5.25. The molecule has 0 amide bonds. The van der Waals surface area contributed by atoms with Gasteiger partial charge >= 0.3 is 0 Å². The van der Waals surface area contributed by atoms with Crippen LogP contribution in [0, 0.1) is 13.8 Å². The molecule has 1 nitrogen and oxygen atoms in total. The Labute approximate surface area is 118 Å². The summed E-state index contributed by atoms with van der Waals surface area (Å²) in [7, 11) is 0. The predicted molar refractivity (Wildman–Crippen MR) is 77.7 cm³/mol. The molecule has 0 aliphatic carbocycles. The first-order valence-electron chi connectivity index (χ1n) is 5.51. The molecule has 1 heterocycles. The molecule has 0 saturated carbocycles. The second-order valence-electron chi connectivity index (χ2n) is 4.24. The summed E-state index contributed by atoms with van der Waals surface area (Å²) in [6.45, 7) is 4.28. The van der Waals surface area contributed by atoms with Crippen LogP contribution in [-0.4, -0.2) is 0 Å². The van der Waals surface area contributed by atoms with Crippen LogP contribution < -0.4 is 0 Å². The zero-order valence-corrected chi connectivity index (χ0v) is 13.0. The van der Waals surface area contributed by atoms with Crippen molar-refractivity contribution in [1.82, 2.24) is 0 Å². The fourth-order valence-corrected chi connectivity index (χ4v) is 3.33. The van der Waals surface area contributed by atoms with Crippen LogP contribution in [0.25, 0.3) is 0 Å². The molecule has 1 aromatic carbocycles. The number of benzene rings is 1. The molecule has 2 rings (SSSR count). The number of furan rings is 1. The lowest BCUT2D eigenvalue weighted by Crippen LogP contribution is -1.95. The molecule has 90 valence electrons. The van der Waals surface area contributed by atoms with Crippen molar-refractivity contribution in [3.05, 3.63) is 57.5 Å². The molecule has 1 atom stereocenters. The van der Waals surface area contributed by atoms with Gasteiger partial charge in [-0.3, -0.25) is 0 Å². The van der Waals surface area contributed by atoms with Crippen LogP contribution in [0.15, 0.2) is 39.6 Å². The van der Waals surface area contributed by atoms with Crippen molar-refractivity contribution in [1.29, 1.82) is 0 Å².